The van der Waals surface area contributed by atoms with Crippen LogP contribution < -0.4 is 15.4 Å². The first-order valence-corrected chi connectivity index (χ1v) is 13.0. The maximum absolute atomic E-state index is 13.1. The van der Waals surface area contributed by atoms with E-state index in [2.05, 4.69) is 10.6 Å². The number of nitrogens with one attached hydrogen (secondary N) is 2. The number of nitrogens with zero attached hydrogens (tertiary/aromatic N) is 1. The summed E-state index contributed by atoms with van der Waals surface area (Å²) in [6, 6.07) is 6.13. The van der Waals surface area contributed by atoms with Crippen LogP contribution in [0.15, 0.2) is 29.2 Å². The second-order valence-corrected chi connectivity index (χ2v) is 12.0. The molecule has 4 aliphatic carbocycles. The standard InChI is InChI=1S/C23H33N3O4S/c1-30-20-4-6-21(7-5-20)31(28,29)26-8-2-3-19(26)15-24-22(27)25-23-12-16-9-17(13-23)11-18(10-16)14-23/h4-7,16-19H,2-3,8-15H2,1H3,(H2,24,25,27). The van der Waals surface area contributed by atoms with E-state index >= 15 is 0 Å². The third-order valence-corrected chi connectivity index (χ3v) is 9.87. The average Bonchev–Trinajstić information content (AvgIpc) is 3.20. The first-order chi connectivity index (χ1) is 14.9. The Morgan fingerprint density at radius 1 is 1.10 bits per heavy atom. The van der Waals surface area contributed by atoms with Crippen molar-refractivity contribution in [3.05, 3.63) is 24.3 Å². The molecule has 0 spiro atoms. The summed E-state index contributed by atoms with van der Waals surface area (Å²) in [5.41, 5.74) is -0.0383. The fraction of sp³-hybridized carbons (Fsp3) is 0.696. The van der Waals surface area contributed by atoms with Crippen molar-refractivity contribution in [3.63, 3.8) is 0 Å². The SMILES string of the molecule is COc1ccc(S(=O)(=O)N2CCCC2CNC(=O)NC23CC4CC(CC(C4)C2)C3)cc1. The molecule has 0 aromatic heterocycles. The fourth-order valence-electron chi connectivity index (χ4n) is 6.97. The molecule has 1 saturated heterocycles. The molecule has 6 rings (SSSR count). The first-order valence-electron chi connectivity index (χ1n) is 11.6. The van der Waals surface area contributed by atoms with E-state index in [0.29, 0.717) is 18.8 Å². The lowest BCUT2D eigenvalue weighted by atomic mass is 9.53. The molecule has 2 amide bonds. The molecular formula is C23H33N3O4S. The van der Waals surface area contributed by atoms with Crippen LogP contribution in [0.2, 0.25) is 0 Å². The lowest BCUT2D eigenvalue weighted by Gasteiger charge is -2.56. The molecular weight excluding hydrogens is 414 g/mol. The zero-order valence-electron chi connectivity index (χ0n) is 18.2. The smallest absolute Gasteiger partial charge is 0.315 e. The normalized spacial score (nSPS) is 34.6. The number of carbonyl (C=O) groups excluding carboxylic acids is 1. The zero-order chi connectivity index (χ0) is 21.6. The molecule has 5 aliphatic rings. The largest absolute Gasteiger partial charge is 0.497 e. The second kappa shape index (κ2) is 7.96. The summed E-state index contributed by atoms with van der Waals surface area (Å²) in [6.07, 6.45) is 8.88. The van der Waals surface area contributed by atoms with Crippen LogP contribution in [0.4, 0.5) is 4.79 Å². The number of benzene rings is 1. The maximum Gasteiger partial charge on any atom is 0.315 e. The summed E-state index contributed by atoms with van der Waals surface area (Å²) in [5.74, 6) is 2.93. The number of methoxy groups -OCH3 is 1. The molecule has 1 atom stereocenters. The highest BCUT2D eigenvalue weighted by Gasteiger charge is 2.51. The van der Waals surface area contributed by atoms with Crippen molar-refractivity contribution < 1.29 is 17.9 Å². The monoisotopic (exact) mass is 447 g/mol. The van der Waals surface area contributed by atoms with Gasteiger partial charge >= 0.3 is 6.03 Å². The van der Waals surface area contributed by atoms with E-state index in [1.165, 1.54) is 19.3 Å². The van der Waals surface area contributed by atoms with Crippen molar-refractivity contribution in [1.82, 2.24) is 14.9 Å². The van der Waals surface area contributed by atoms with Crippen LogP contribution in [0.25, 0.3) is 0 Å². The fourth-order valence-corrected chi connectivity index (χ4v) is 8.66. The molecule has 2 N–H and O–H groups in total. The van der Waals surface area contributed by atoms with Gasteiger partial charge in [0.1, 0.15) is 5.75 Å². The number of sulfonamides is 1. The van der Waals surface area contributed by atoms with Crippen LogP contribution in [0.1, 0.15) is 51.4 Å². The van der Waals surface area contributed by atoms with Gasteiger partial charge in [-0.25, -0.2) is 13.2 Å². The molecule has 31 heavy (non-hydrogen) atoms. The lowest BCUT2D eigenvalue weighted by molar-refractivity contribution is -0.0135. The Labute approximate surface area is 185 Å². The summed E-state index contributed by atoms with van der Waals surface area (Å²) >= 11 is 0. The Hall–Kier alpha value is -1.80. The van der Waals surface area contributed by atoms with Gasteiger partial charge in [0.15, 0.2) is 0 Å². The average molecular weight is 448 g/mol. The molecule has 170 valence electrons. The molecule has 0 radical (unpaired) electrons. The summed E-state index contributed by atoms with van der Waals surface area (Å²) in [5, 5.41) is 6.31. The Balaban J connectivity index is 1.20. The molecule has 1 unspecified atom stereocenters. The van der Waals surface area contributed by atoms with Crippen molar-refractivity contribution in [2.24, 2.45) is 17.8 Å². The molecule has 1 aromatic rings. The quantitative estimate of drug-likeness (QED) is 0.701. The van der Waals surface area contributed by atoms with Gasteiger partial charge in [-0.3, -0.25) is 0 Å². The van der Waals surface area contributed by atoms with Gasteiger partial charge in [-0.15, -0.1) is 0 Å². The minimum atomic E-state index is -3.60. The molecule has 5 fully saturated rings. The van der Waals surface area contributed by atoms with Crippen LogP contribution in [0.5, 0.6) is 5.75 Å². The summed E-state index contributed by atoms with van der Waals surface area (Å²) in [7, 11) is -2.04. The van der Waals surface area contributed by atoms with Gasteiger partial charge in [-0.1, -0.05) is 0 Å². The Morgan fingerprint density at radius 3 is 2.29 bits per heavy atom. The third kappa shape index (κ3) is 4.04. The first kappa shape index (κ1) is 21.1. The van der Waals surface area contributed by atoms with Gasteiger partial charge in [0.2, 0.25) is 10.0 Å². The predicted molar refractivity (Wildman–Crippen MR) is 117 cm³/mol. The molecule has 4 saturated carbocycles. The number of rotatable bonds is 6. The summed E-state index contributed by atoms with van der Waals surface area (Å²) in [4.78, 5) is 13.0. The topological polar surface area (TPSA) is 87.7 Å². The maximum atomic E-state index is 13.1. The number of hydrogen-bond acceptors (Lipinski definition) is 4. The van der Waals surface area contributed by atoms with Crippen LogP contribution >= 0.6 is 0 Å². The highest BCUT2D eigenvalue weighted by atomic mass is 32.2. The number of urea groups is 1. The molecule has 4 bridgehead atoms. The molecule has 8 heteroatoms. The van der Waals surface area contributed by atoms with Crippen LogP contribution in [0, 0.1) is 17.8 Å². The van der Waals surface area contributed by atoms with Crippen molar-refractivity contribution in [2.75, 3.05) is 20.2 Å². The van der Waals surface area contributed by atoms with Gasteiger partial charge in [0.05, 0.1) is 12.0 Å². The summed E-state index contributed by atoms with van der Waals surface area (Å²) in [6.45, 7) is 0.824. The zero-order valence-corrected chi connectivity index (χ0v) is 19.0. The van der Waals surface area contributed by atoms with E-state index in [9.17, 15) is 13.2 Å². The Bertz CT molecular complexity index is 895. The second-order valence-electron chi connectivity index (χ2n) is 10.1. The number of carbonyl (C=O) groups is 1. The van der Waals surface area contributed by atoms with E-state index in [4.69, 9.17) is 4.74 Å². The van der Waals surface area contributed by atoms with Crippen molar-refractivity contribution in [2.45, 2.75) is 67.8 Å². The molecule has 1 heterocycles. The summed E-state index contributed by atoms with van der Waals surface area (Å²) < 4.78 is 33.0. The molecule has 1 aliphatic heterocycles. The highest BCUT2D eigenvalue weighted by molar-refractivity contribution is 7.89. The Morgan fingerprint density at radius 2 is 1.71 bits per heavy atom. The number of ether oxygens (including phenoxy) is 1. The van der Waals surface area contributed by atoms with Gasteiger partial charge in [-0.2, -0.15) is 4.31 Å². The minimum absolute atomic E-state index is 0.0383. The molecule has 1 aromatic carbocycles. The highest BCUT2D eigenvalue weighted by Crippen LogP contribution is 2.55. The van der Waals surface area contributed by atoms with Crippen molar-refractivity contribution in [1.29, 1.82) is 0 Å². The predicted octanol–water partition coefficient (Wildman–Crippen LogP) is 3.12. The van der Waals surface area contributed by atoms with Crippen LogP contribution in [0.3, 0.4) is 0 Å². The van der Waals surface area contributed by atoms with Crippen LogP contribution in [-0.4, -0.2) is 50.5 Å². The van der Waals surface area contributed by atoms with Gasteiger partial charge in [0.25, 0.3) is 0 Å². The number of hydrogen-bond donors (Lipinski definition) is 2. The van der Waals surface area contributed by atoms with E-state index in [0.717, 1.165) is 49.9 Å². The van der Waals surface area contributed by atoms with E-state index in [-0.39, 0.29) is 22.5 Å². The van der Waals surface area contributed by atoms with E-state index in [1.807, 2.05) is 0 Å². The van der Waals surface area contributed by atoms with Gasteiger partial charge in [-0.05, 0) is 93.4 Å². The van der Waals surface area contributed by atoms with E-state index < -0.39 is 10.0 Å². The Kier molecular flexibility index (Phi) is 5.41. The van der Waals surface area contributed by atoms with Crippen molar-refractivity contribution in [3.8, 4) is 5.75 Å². The number of amides is 2. The van der Waals surface area contributed by atoms with Gasteiger partial charge in [0, 0.05) is 24.7 Å². The van der Waals surface area contributed by atoms with Gasteiger partial charge < -0.3 is 15.4 Å². The minimum Gasteiger partial charge on any atom is -0.497 e. The van der Waals surface area contributed by atoms with E-state index in [1.54, 1.807) is 35.7 Å². The lowest BCUT2D eigenvalue weighted by Crippen LogP contribution is -2.62. The third-order valence-electron chi connectivity index (χ3n) is 7.90. The van der Waals surface area contributed by atoms with Crippen LogP contribution in [-0.2, 0) is 10.0 Å². The molecule has 7 nitrogen and oxygen atoms in total. The van der Waals surface area contributed by atoms with Crippen molar-refractivity contribution >= 4 is 16.1 Å².